The molecule has 0 spiro atoms. The van der Waals surface area contributed by atoms with Crippen LogP contribution in [-0.2, 0) is 0 Å². The zero-order valence-electron chi connectivity index (χ0n) is 10.7. The summed E-state index contributed by atoms with van der Waals surface area (Å²) in [6.07, 6.45) is 0. The van der Waals surface area contributed by atoms with E-state index >= 15 is 0 Å². The maximum atomic E-state index is 5.98. The van der Waals surface area contributed by atoms with Crippen LogP contribution in [0.5, 0.6) is 11.5 Å². The molecule has 0 aliphatic heterocycles. The van der Waals surface area contributed by atoms with Crippen LogP contribution in [0.1, 0.15) is 5.56 Å². The van der Waals surface area contributed by atoms with Gasteiger partial charge in [0.25, 0.3) is 0 Å². The van der Waals surface area contributed by atoms with Crippen molar-refractivity contribution < 1.29 is 9.47 Å². The molecule has 2 rings (SSSR count). The van der Waals surface area contributed by atoms with Crippen LogP contribution in [-0.4, -0.2) is 18.2 Å². The van der Waals surface area contributed by atoms with Gasteiger partial charge in [-0.25, -0.2) is 0 Å². The van der Waals surface area contributed by atoms with E-state index in [0.717, 1.165) is 11.3 Å². The van der Waals surface area contributed by atoms with Gasteiger partial charge in [0, 0.05) is 5.56 Å². The first-order chi connectivity index (χ1) is 9.66. The average Bonchev–Trinajstić information content (AvgIpc) is 2.46. The first-order valence-corrected chi connectivity index (χ1v) is 6.85. The molecule has 0 radical (unpaired) electrons. The van der Waals surface area contributed by atoms with Gasteiger partial charge in [0.2, 0.25) is 0 Å². The van der Waals surface area contributed by atoms with Crippen LogP contribution in [0.3, 0.4) is 0 Å². The van der Waals surface area contributed by atoms with E-state index in [1.54, 1.807) is 6.07 Å². The maximum absolute atomic E-state index is 5.98. The Bertz CT molecular complexity index is 587. The van der Waals surface area contributed by atoms with Gasteiger partial charge >= 0.3 is 0 Å². The van der Waals surface area contributed by atoms with Crippen molar-refractivity contribution in [3.05, 3.63) is 59.1 Å². The number of nitrogens with two attached hydrogens (primary N) is 1. The lowest BCUT2D eigenvalue weighted by atomic mass is 10.2. The second-order valence-corrected chi connectivity index (χ2v) is 4.86. The van der Waals surface area contributed by atoms with Crippen molar-refractivity contribution in [2.45, 2.75) is 0 Å². The fourth-order valence-corrected chi connectivity index (χ4v) is 1.91. The molecule has 20 heavy (non-hydrogen) atoms. The predicted octanol–water partition coefficient (Wildman–Crippen LogP) is 3.43. The number of ether oxygens (including phenoxy) is 2. The third kappa shape index (κ3) is 4.11. The van der Waals surface area contributed by atoms with E-state index < -0.39 is 0 Å². The molecule has 2 N–H and O–H groups in total. The highest BCUT2D eigenvalue weighted by Crippen LogP contribution is 2.22. The Kier molecular flexibility index (Phi) is 5.21. The van der Waals surface area contributed by atoms with E-state index in [2.05, 4.69) is 0 Å². The molecule has 5 heteroatoms. The third-order valence-corrected chi connectivity index (χ3v) is 3.13. The molecule has 104 valence electrons. The second kappa shape index (κ2) is 7.12. The summed E-state index contributed by atoms with van der Waals surface area (Å²) in [6.45, 7) is 0.846. The fourth-order valence-electron chi connectivity index (χ4n) is 1.59. The lowest BCUT2D eigenvalue weighted by molar-refractivity contribution is 0.217. The maximum Gasteiger partial charge on any atom is 0.138 e. The summed E-state index contributed by atoms with van der Waals surface area (Å²) < 4.78 is 11.1. The number of hydrogen-bond acceptors (Lipinski definition) is 3. The molecule has 0 atom stereocenters. The molecule has 0 aromatic heterocycles. The van der Waals surface area contributed by atoms with Gasteiger partial charge in [-0.15, -0.1) is 0 Å². The highest BCUT2D eigenvalue weighted by molar-refractivity contribution is 7.80. The number of thiocarbonyl (C=S) groups is 1. The Morgan fingerprint density at radius 1 is 1.00 bits per heavy atom. The molecule has 0 saturated carbocycles. The number of rotatable bonds is 6. The minimum atomic E-state index is 0.374. The first-order valence-electron chi connectivity index (χ1n) is 6.07. The van der Waals surface area contributed by atoms with Crippen LogP contribution in [0.4, 0.5) is 0 Å². The average molecular weight is 308 g/mol. The van der Waals surface area contributed by atoms with Crippen molar-refractivity contribution in [3.63, 3.8) is 0 Å². The molecular formula is C15H14ClNO2S. The van der Waals surface area contributed by atoms with E-state index in [1.807, 2.05) is 42.5 Å². The van der Waals surface area contributed by atoms with Gasteiger partial charge < -0.3 is 15.2 Å². The molecule has 0 saturated heterocycles. The Hall–Kier alpha value is -1.78. The van der Waals surface area contributed by atoms with Crippen molar-refractivity contribution in [1.29, 1.82) is 0 Å². The minimum absolute atomic E-state index is 0.374. The molecule has 0 aliphatic carbocycles. The number of benzene rings is 2. The highest BCUT2D eigenvalue weighted by atomic mass is 35.5. The predicted molar refractivity (Wildman–Crippen MR) is 84.8 cm³/mol. The number of halogens is 1. The van der Waals surface area contributed by atoms with Gasteiger partial charge in [0.05, 0.1) is 5.02 Å². The zero-order valence-corrected chi connectivity index (χ0v) is 12.3. The largest absolute Gasteiger partial charge is 0.490 e. The smallest absolute Gasteiger partial charge is 0.138 e. The second-order valence-electron chi connectivity index (χ2n) is 4.02. The summed E-state index contributed by atoms with van der Waals surface area (Å²) in [5, 5.41) is 0.591. The fraction of sp³-hybridized carbons (Fsp3) is 0.133. The van der Waals surface area contributed by atoms with Crippen molar-refractivity contribution in [3.8, 4) is 11.5 Å². The molecule has 0 fully saturated rings. The molecule has 0 amide bonds. The van der Waals surface area contributed by atoms with E-state index in [0.29, 0.717) is 29.0 Å². The Morgan fingerprint density at radius 3 is 2.30 bits per heavy atom. The first kappa shape index (κ1) is 14.6. The zero-order chi connectivity index (χ0) is 14.4. The van der Waals surface area contributed by atoms with Crippen LogP contribution < -0.4 is 15.2 Å². The van der Waals surface area contributed by atoms with Crippen LogP contribution in [0.15, 0.2) is 48.5 Å². The van der Waals surface area contributed by atoms with Gasteiger partial charge in [-0.05, 0) is 36.4 Å². The molecular weight excluding hydrogens is 294 g/mol. The van der Waals surface area contributed by atoms with E-state index in [4.69, 9.17) is 39.0 Å². The van der Waals surface area contributed by atoms with Gasteiger partial charge in [-0.2, -0.15) is 0 Å². The molecule has 0 unspecified atom stereocenters. The summed E-state index contributed by atoms with van der Waals surface area (Å²) in [7, 11) is 0. The third-order valence-electron chi connectivity index (χ3n) is 2.59. The molecule has 0 heterocycles. The number of para-hydroxylation sites is 1. The van der Waals surface area contributed by atoms with E-state index in [9.17, 15) is 0 Å². The lowest BCUT2D eigenvalue weighted by Crippen LogP contribution is -2.10. The van der Waals surface area contributed by atoms with Gasteiger partial charge in [0.1, 0.15) is 29.7 Å². The molecule has 2 aromatic carbocycles. The summed E-state index contributed by atoms with van der Waals surface area (Å²) in [4.78, 5) is 0.374. The normalized spacial score (nSPS) is 10.1. The quantitative estimate of drug-likeness (QED) is 0.656. The summed E-state index contributed by atoms with van der Waals surface area (Å²) in [5.41, 5.74) is 6.34. The van der Waals surface area contributed by atoms with Crippen LogP contribution >= 0.6 is 23.8 Å². The van der Waals surface area contributed by atoms with Crippen LogP contribution in [0.2, 0.25) is 5.02 Å². The van der Waals surface area contributed by atoms with Gasteiger partial charge in [0.15, 0.2) is 0 Å². The van der Waals surface area contributed by atoms with Crippen LogP contribution in [0, 0.1) is 0 Å². The van der Waals surface area contributed by atoms with Crippen molar-refractivity contribution in [2.75, 3.05) is 13.2 Å². The Labute approximate surface area is 128 Å². The molecule has 2 aromatic rings. The van der Waals surface area contributed by atoms with Gasteiger partial charge in [-0.1, -0.05) is 36.0 Å². The Morgan fingerprint density at radius 2 is 1.65 bits per heavy atom. The topological polar surface area (TPSA) is 44.5 Å². The SMILES string of the molecule is NC(=S)c1ccc(OCCOc2ccccc2Cl)cc1. The standard InChI is InChI=1S/C15H14ClNO2S/c16-13-3-1-2-4-14(13)19-10-9-18-12-7-5-11(6-8-12)15(17)20/h1-8H,9-10H2,(H2,17,20). The van der Waals surface area contributed by atoms with Gasteiger partial charge in [-0.3, -0.25) is 0 Å². The summed E-state index contributed by atoms with van der Waals surface area (Å²) >= 11 is 10.9. The molecule has 0 aliphatic rings. The van der Waals surface area contributed by atoms with Crippen LogP contribution in [0.25, 0.3) is 0 Å². The molecule has 3 nitrogen and oxygen atoms in total. The highest BCUT2D eigenvalue weighted by Gasteiger charge is 2.00. The van der Waals surface area contributed by atoms with Crippen molar-refractivity contribution in [1.82, 2.24) is 0 Å². The lowest BCUT2D eigenvalue weighted by Gasteiger charge is -2.09. The number of hydrogen-bond donors (Lipinski definition) is 1. The monoisotopic (exact) mass is 307 g/mol. The summed E-state index contributed by atoms with van der Waals surface area (Å²) in [6, 6.07) is 14.6. The molecule has 0 bridgehead atoms. The summed E-state index contributed by atoms with van der Waals surface area (Å²) in [5.74, 6) is 1.40. The van der Waals surface area contributed by atoms with Crippen molar-refractivity contribution >= 4 is 28.8 Å². The Balaban J connectivity index is 1.79. The van der Waals surface area contributed by atoms with E-state index in [-0.39, 0.29) is 0 Å². The van der Waals surface area contributed by atoms with Crippen molar-refractivity contribution in [2.24, 2.45) is 5.73 Å². The van der Waals surface area contributed by atoms with E-state index in [1.165, 1.54) is 0 Å². The minimum Gasteiger partial charge on any atom is -0.490 e.